The first-order valence-corrected chi connectivity index (χ1v) is 12.0. The third kappa shape index (κ3) is 5.52. The zero-order valence-corrected chi connectivity index (χ0v) is 20.4. The number of imidazole rings is 1. The molecule has 0 amide bonds. The molecule has 4 rings (SSSR count). The molecule has 3 aromatic rings. The number of nitrogens with zero attached hydrogens (tertiary/aromatic N) is 3. The molecule has 3 heterocycles. The number of hydrogen-bond donors (Lipinski definition) is 2. The van der Waals surface area contributed by atoms with Crippen molar-refractivity contribution in [2.75, 3.05) is 13.2 Å². The lowest BCUT2D eigenvalue weighted by Crippen LogP contribution is -2.32. The second kappa shape index (κ2) is 10.5. The summed E-state index contributed by atoms with van der Waals surface area (Å²) in [4.78, 5) is 40.0. The fraction of sp³-hybridized carbons (Fsp3) is 0.462. The number of aliphatic carboxylic acids is 1. The van der Waals surface area contributed by atoms with Gasteiger partial charge in [0.05, 0.1) is 23.7 Å². The number of carboxylic acid groups (broad SMARTS) is 1. The van der Waals surface area contributed by atoms with Crippen molar-refractivity contribution in [1.29, 1.82) is 0 Å². The van der Waals surface area contributed by atoms with Crippen LogP contribution in [0.1, 0.15) is 37.3 Å². The monoisotopic (exact) mass is 480 g/mol. The number of aryl methyl sites for hydroxylation is 2. The maximum atomic E-state index is 12.3. The van der Waals surface area contributed by atoms with Crippen molar-refractivity contribution < 1.29 is 19.4 Å². The number of fused-ring (bicyclic) bond motifs is 1. The second-order valence-electron chi connectivity index (χ2n) is 9.32. The highest BCUT2D eigenvalue weighted by atomic mass is 16.5. The first-order chi connectivity index (χ1) is 16.7. The zero-order valence-electron chi connectivity index (χ0n) is 20.4. The molecule has 186 valence electrons. The van der Waals surface area contributed by atoms with Crippen molar-refractivity contribution in [2.24, 2.45) is 13.0 Å². The Bertz CT molecular complexity index is 1260. The van der Waals surface area contributed by atoms with Crippen molar-refractivity contribution in [3.05, 3.63) is 51.9 Å². The minimum atomic E-state index is -1.12. The highest BCUT2D eigenvalue weighted by molar-refractivity contribution is 5.97. The zero-order chi connectivity index (χ0) is 25.1. The van der Waals surface area contributed by atoms with Crippen LogP contribution in [0.25, 0.3) is 22.4 Å². The Kier molecular flexibility index (Phi) is 7.47. The van der Waals surface area contributed by atoms with Crippen LogP contribution in [0.4, 0.5) is 0 Å². The van der Waals surface area contributed by atoms with Gasteiger partial charge in [0.2, 0.25) is 0 Å². The quantitative estimate of drug-likeness (QED) is 0.453. The number of carbonyl (C=O) groups excluding carboxylic acids is 1. The SMILES string of the molecule is CC(=O)[C@H](CNCc1ccc2c(c1)nc(-c1cc(C)c(=O)n(C)c1)n2CC1CCCCO1)C(=O)O. The van der Waals surface area contributed by atoms with Crippen molar-refractivity contribution >= 4 is 22.8 Å². The smallest absolute Gasteiger partial charge is 0.315 e. The van der Waals surface area contributed by atoms with E-state index in [1.165, 1.54) is 6.92 Å². The molecule has 35 heavy (non-hydrogen) atoms. The van der Waals surface area contributed by atoms with Gasteiger partial charge in [-0.1, -0.05) is 6.07 Å². The lowest BCUT2D eigenvalue weighted by Gasteiger charge is -2.24. The molecule has 1 aromatic carbocycles. The first-order valence-electron chi connectivity index (χ1n) is 12.0. The van der Waals surface area contributed by atoms with Crippen LogP contribution >= 0.6 is 0 Å². The molecule has 1 aliphatic heterocycles. The lowest BCUT2D eigenvalue weighted by atomic mass is 10.1. The number of carbonyl (C=O) groups is 2. The van der Waals surface area contributed by atoms with Crippen molar-refractivity contribution in [2.45, 2.75) is 52.3 Å². The highest BCUT2D eigenvalue weighted by Crippen LogP contribution is 2.28. The second-order valence-corrected chi connectivity index (χ2v) is 9.32. The van der Waals surface area contributed by atoms with Crippen LogP contribution in [-0.2, 0) is 34.5 Å². The molecule has 1 saturated heterocycles. The number of carboxylic acids is 1. The molecule has 2 atom stereocenters. The molecule has 0 bridgehead atoms. The highest BCUT2D eigenvalue weighted by Gasteiger charge is 2.23. The van der Waals surface area contributed by atoms with Gasteiger partial charge in [0, 0.05) is 44.1 Å². The van der Waals surface area contributed by atoms with Gasteiger partial charge >= 0.3 is 5.97 Å². The molecule has 9 heteroatoms. The molecular formula is C26H32N4O5. The summed E-state index contributed by atoms with van der Waals surface area (Å²) in [5.74, 6) is -1.78. The predicted octanol–water partition coefficient (Wildman–Crippen LogP) is 2.66. The first kappa shape index (κ1) is 24.8. The molecule has 1 unspecified atom stereocenters. The summed E-state index contributed by atoms with van der Waals surface area (Å²) >= 11 is 0. The number of pyridine rings is 1. The van der Waals surface area contributed by atoms with E-state index < -0.39 is 11.9 Å². The molecule has 2 N–H and O–H groups in total. The van der Waals surface area contributed by atoms with Crippen molar-refractivity contribution in [3.8, 4) is 11.4 Å². The van der Waals surface area contributed by atoms with Crippen molar-refractivity contribution in [3.63, 3.8) is 0 Å². The van der Waals surface area contributed by atoms with Crippen LogP contribution in [-0.4, -0.2) is 50.2 Å². The average molecular weight is 481 g/mol. The summed E-state index contributed by atoms with van der Waals surface area (Å²) in [6.45, 7) is 5.01. The van der Waals surface area contributed by atoms with E-state index in [2.05, 4.69) is 9.88 Å². The van der Waals surface area contributed by atoms with E-state index in [0.29, 0.717) is 18.7 Å². The molecule has 9 nitrogen and oxygen atoms in total. The van der Waals surface area contributed by atoms with Crippen LogP contribution in [0, 0.1) is 12.8 Å². The Balaban J connectivity index is 1.66. The molecular weight excluding hydrogens is 448 g/mol. The predicted molar refractivity (Wildman–Crippen MR) is 132 cm³/mol. The van der Waals surface area contributed by atoms with Gasteiger partial charge in [-0.15, -0.1) is 0 Å². The summed E-state index contributed by atoms with van der Waals surface area (Å²) < 4.78 is 9.75. The standard InChI is InChI=1S/C26H32N4O5/c1-16-10-19(14-29(3)25(16)32)24-28-22-11-18(12-27-13-21(17(2)31)26(33)34)7-8-23(22)30(24)15-20-6-4-5-9-35-20/h7-8,10-11,14,20-21,27H,4-6,9,12-13,15H2,1-3H3,(H,33,34)/t20?,21-/m0/s1. The molecule has 0 aliphatic carbocycles. The Morgan fingerprint density at radius 1 is 1.29 bits per heavy atom. The summed E-state index contributed by atoms with van der Waals surface area (Å²) in [6.07, 6.45) is 5.13. The number of ether oxygens (including phenoxy) is 1. The van der Waals surface area contributed by atoms with E-state index in [4.69, 9.17) is 9.72 Å². The number of rotatable bonds is 9. The maximum absolute atomic E-state index is 12.3. The van der Waals surface area contributed by atoms with Gasteiger partial charge < -0.3 is 24.3 Å². The van der Waals surface area contributed by atoms with E-state index in [0.717, 1.165) is 53.9 Å². The van der Waals surface area contributed by atoms with Crippen molar-refractivity contribution in [1.82, 2.24) is 19.4 Å². The molecule has 0 radical (unpaired) electrons. The number of hydrogen-bond acceptors (Lipinski definition) is 6. The largest absolute Gasteiger partial charge is 0.481 e. The Hall–Kier alpha value is -3.30. The molecule has 2 aromatic heterocycles. The number of benzene rings is 1. The molecule has 0 spiro atoms. The van der Waals surface area contributed by atoms with Gasteiger partial charge in [-0.3, -0.25) is 14.4 Å². The minimum absolute atomic E-state index is 0.0365. The van der Waals surface area contributed by atoms with E-state index in [1.807, 2.05) is 30.5 Å². The Morgan fingerprint density at radius 2 is 2.09 bits per heavy atom. The third-order valence-electron chi connectivity index (χ3n) is 6.56. The fourth-order valence-electron chi connectivity index (χ4n) is 4.61. The van der Waals surface area contributed by atoms with Gasteiger partial charge in [0.15, 0.2) is 0 Å². The summed E-state index contributed by atoms with van der Waals surface area (Å²) in [7, 11) is 1.74. The Labute approximate surface area is 203 Å². The third-order valence-corrected chi connectivity index (χ3v) is 6.56. The van der Waals surface area contributed by atoms with Crippen LogP contribution < -0.4 is 10.9 Å². The summed E-state index contributed by atoms with van der Waals surface area (Å²) in [6, 6.07) is 7.84. The van der Waals surface area contributed by atoms with Crippen LogP contribution in [0.5, 0.6) is 0 Å². The minimum Gasteiger partial charge on any atom is -0.481 e. The van der Waals surface area contributed by atoms with E-state index in [-0.39, 0.29) is 24.0 Å². The van der Waals surface area contributed by atoms with E-state index >= 15 is 0 Å². The molecule has 0 saturated carbocycles. The lowest BCUT2D eigenvalue weighted by molar-refractivity contribution is -0.145. The van der Waals surface area contributed by atoms with Crippen LogP contribution in [0.3, 0.4) is 0 Å². The van der Waals surface area contributed by atoms with Crippen LogP contribution in [0.15, 0.2) is 35.3 Å². The topological polar surface area (TPSA) is 115 Å². The van der Waals surface area contributed by atoms with Gasteiger partial charge in [-0.05, 0) is 56.9 Å². The van der Waals surface area contributed by atoms with E-state index in [1.54, 1.807) is 18.5 Å². The fourth-order valence-corrected chi connectivity index (χ4v) is 4.61. The molecule has 1 fully saturated rings. The van der Waals surface area contributed by atoms with Gasteiger partial charge in [-0.25, -0.2) is 4.98 Å². The van der Waals surface area contributed by atoms with E-state index in [9.17, 15) is 19.5 Å². The van der Waals surface area contributed by atoms with Crippen LogP contribution in [0.2, 0.25) is 0 Å². The maximum Gasteiger partial charge on any atom is 0.315 e. The summed E-state index contributed by atoms with van der Waals surface area (Å²) in [5, 5.41) is 12.3. The summed E-state index contributed by atoms with van der Waals surface area (Å²) in [5.41, 5.74) is 4.19. The average Bonchev–Trinajstić information content (AvgIpc) is 3.17. The number of ketones is 1. The van der Waals surface area contributed by atoms with Gasteiger partial charge in [-0.2, -0.15) is 0 Å². The van der Waals surface area contributed by atoms with Gasteiger partial charge in [0.1, 0.15) is 17.5 Å². The van der Waals surface area contributed by atoms with Gasteiger partial charge in [0.25, 0.3) is 5.56 Å². The number of Topliss-reactive ketones (excluding diaryl/α,β-unsaturated/α-hetero) is 1. The normalized spacial score (nSPS) is 16.9. The number of aromatic nitrogens is 3. The number of nitrogens with one attached hydrogen (secondary N) is 1. The Morgan fingerprint density at radius 3 is 2.74 bits per heavy atom. The molecule has 1 aliphatic rings.